The Hall–Kier alpha value is -0.560. The van der Waals surface area contributed by atoms with Crippen molar-refractivity contribution in [2.45, 2.75) is 45.1 Å². The fraction of sp³-hybridized carbons (Fsp3) is 0.692. The van der Waals surface area contributed by atoms with Crippen molar-refractivity contribution >= 4 is 0 Å². The molecule has 0 aromatic heterocycles. The van der Waals surface area contributed by atoms with Gasteiger partial charge in [0.1, 0.15) is 0 Å². The van der Waals surface area contributed by atoms with Gasteiger partial charge in [-0.25, -0.2) is 0 Å². The van der Waals surface area contributed by atoms with Gasteiger partial charge in [-0.05, 0) is 46.2 Å². The fourth-order valence-electron chi connectivity index (χ4n) is 2.45. The maximum Gasteiger partial charge on any atom is 0.0400 e. The molecule has 0 aromatic rings. The van der Waals surface area contributed by atoms with Crippen molar-refractivity contribution in [2.75, 3.05) is 13.1 Å². The molecule has 0 spiro atoms. The van der Waals surface area contributed by atoms with Crippen LogP contribution in [0.2, 0.25) is 0 Å². The number of likely N-dealkylation sites (tertiary alicyclic amines) is 1. The fourth-order valence-corrected chi connectivity index (χ4v) is 2.45. The average Bonchev–Trinajstić information content (AvgIpc) is 2.24. The molecule has 2 aliphatic rings. The summed E-state index contributed by atoms with van der Waals surface area (Å²) in [6, 6.07) is 0. The Kier molecular flexibility index (Phi) is 2.78. The molecule has 1 nitrogen and oxygen atoms in total. The van der Waals surface area contributed by atoms with Crippen LogP contribution in [0.25, 0.3) is 0 Å². The third kappa shape index (κ3) is 1.93. The second-order valence-electron chi connectivity index (χ2n) is 4.89. The summed E-state index contributed by atoms with van der Waals surface area (Å²) in [7, 11) is 0. The van der Waals surface area contributed by atoms with Crippen molar-refractivity contribution in [2.24, 2.45) is 0 Å². The molecule has 2 rings (SSSR count). The van der Waals surface area contributed by atoms with Gasteiger partial charge in [-0.3, -0.25) is 4.90 Å². The maximum absolute atomic E-state index is 2.65. The minimum atomic E-state index is 0.305. The number of hydrogen-bond acceptors (Lipinski definition) is 1. The van der Waals surface area contributed by atoms with Crippen LogP contribution >= 0.6 is 0 Å². The van der Waals surface area contributed by atoms with E-state index in [4.69, 9.17) is 0 Å². The summed E-state index contributed by atoms with van der Waals surface area (Å²) in [4.78, 5) is 2.65. The molecule has 1 unspecified atom stereocenters. The van der Waals surface area contributed by atoms with E-state index >= 15 is 0 Å². The Morgan fingerprint density at radius 1 is 1.21 bits per heavy atom. The second kappa shape index (κ2) is 3.90. The van der Waals surface area contributed by atoms with Crippen LogP contribution in [0, 0.1) is 0 Å². The molecule has 0 aromatic carbocycles. The van der Waals surface area contributed by atoms with Crippen LogP contribution in [0.4, 0.5) is 0 Å². The first-order chi connectivity index (χ1) is 6.71. The Morgan fingerprint density at radius 2 is 1.93 bits per heavy atom. The van der Waals surface area contributed by atoms with Crippen LogP contribution in [-0.2, 0) is 0 Å². The third-order valence-electron chi connectivity index (χ3n) is 3.62. The minimum absolute atomic E-state index is 0.305. The summed E-state index contributed by atoms with van der Waals surface area (Å²) in [6.45, 7) is 7.13. The lowest BCUT2D eigenvalue weighted by Gasteiger charge is -2.42. The number of piperidine rings is 1. The van der Waals surface area contributed by atoms with Gasteiger partial charge in [0, 0.05) is 5.54 Å². The second-order valence-corrected chi connectivity index (χ2v) is 4.89. The van der Waals surface area contributed by atoms with Gasteiger partial charge in [-0.15, -0.1) is 0 Å². The van der Waals surface area contributed by atoms with E-state index in [-0.39, 0.29) is 0 Å². The van der Waals surface area contributed by atoms with Crippen molar-refractivity contribution in [3.63, 3.8) is 0 Å². The highest BCUT2D eigenvalue weighted by atomic mass is 15.2. The van der Waals surface area contributed by atoms with E-state index in [1.807, 2.05) is 0 Å². The molecular formula is C13H21N. The molecule has 1 aliphatic carbocycles. The van der Waals surface area contributed by atoms with E-state index in [0.29, 0.717) is 5.54 Å². The molecule has 1 heterocycles. The highest BCUT2D eigenvalue weighted by Gasteiger charge is 2.30. The minimum Gasteiger partial charge on any atom is -0.294 e. The van der Waals surface area contributed by atoms with E-state index in [0.717, 1.165) is 0 Å². The molecule has 14 heavy (non-hydrogen) atoms. The van der Waals surface area contributed by atoms with Crippen molar-refractivity contribution in [1.82, 2.24) is 4.90 Å². The monoisotopic (exact) mass is 191 g/mol. The number of rotatable bonds is 1. The van der Waals surface area contributed by atoms with Crippen LogP contribution < -0.4 is 0 Å². The van der Waals surface area contributed by atoms with Gasteiger partial charge in [0.15, 0.2) is 0 Å². The van der Waals surface area contributed by atoms with Crippen molar-refractivity contribution in [3.8, 4) is 0 Å². The molecule has 1 aliphatic heterocycles. The lowest BCUT2D eigenvalue weighted by Crippen LogP contribution is -2.47. The Labute approximate surface area is 87.5 Å². The largest absolute Gasteiger partial charge is 0.294 e. The smallest absolute Gasteiger partial charge is 0.0400 e. The zero-order chi connectivity index (χ0) is 10.0. The van der Waals surface area contributed by atoms with E-state index < -0.39 is 0 Å². The zero-order valence-electron chi connectivity index (χ0n) is 9.42. The Balaban J connectivity index is 2.05. The quantitative estimate of drug-likeness (QED) is 0.615. The molecular weight excluding hydrogens is 170 g/mol. The summed E-state index contributed by atoms with van der Waals surface area (Å²) in [5.41, 5.74) is 1.72. The first-order valence-electron chi connectivity index (χ1n) is 5.82. The van der Waals surface area contributed by atoms with E-state index in [9.17, 15) is 0 Å². The van der Waals surface area contributed by atoms with Crippen LogP contribution in [0.1, 0.15) is 39.5 Å². The van der Waals surface area contributed by atoms with Gasteiger partial charge in [0.05, 0.1) is 0 Å². The van der Waals surface area contributed by atoms with E-state index in [2.05, 4.69) is 37.0 Å². The molecule has 0 radical (unpaired) electrons. The lowest BCUT2D eigenvalue weighted by atomic mass is 9.87. The molecule has 78 valence electrons. The van der Waals surface area contributed by atoms with Crippen LogP contribution in [0.15, 0.2) is 23.8 Å². The molecule has 0 amide bonds. The predicted molar refractivity (Wildman–Crippen MR) is 61.3 cm³/mol. The average molecular weight is 191 g/mol. The third-order valence-corrected chi connectivity index (χ3v) is 3.62. The molecule has 0 saturated carbocycles. The maximum atomic E-state index is 2.65. The number of hydrogen-bond donors (Lipinski definition) is 0. The molecule has 1 fully saturated rings. The van der Waals surface area contributed by atoms with Crippen molar-refractivity contribution in [1.29, 1.82) is 0 Å². The first-order valence-corrected chi connectivity index (χ1v) is 5.82. The van der Waals surface area contributed by atoms with Gasteiger partial charge in [0.2, 0.25) is 0 Å². The van der Waals surface area contributed by atoms with Gasteiger partial charge in [-0.1, -0.05) is 30.2 Å². The van der Waals surface area contributed by atoms with E-state index in [1.54, 1.807) is 0 Å². The van der Waals surface area contributed by atoms with Crippen LogP contribution in [-0.4, -0.2) is 23.5 Å². The van der Waals surface area contributed by atoms with Gasteiger partial charge >= 0.3 is 0 Å². The normalized spacial score (nSPS) is 34.3. The van der Waals surface area contributed by atoms with Crippen molar-refractivity contribution in [3.05, 3.63) is 23.8 Å². The van der Waals surface area contributed by atoms with Crippen molar-refractivity contribution < 1.29 is 0 Å². The van der Waals surface area contributed by atoms with Crippen LogP contribution in [0.5, 0.6) is 0 Å². The highest BCUT2D eigenvalue weighted by Crippen LogP contribution is 2.29. The van der Waals surface area contributed by atoms with Gasteiger partial charge < -0.3 is 0 Å². The standard InChI is InChI=1S/C13H21N/c1-12-6-8-13(2,9-7-12)14-10-4-3-5-11-14/h6-8H,3-5,9-11H2,1-2H3. The summed E-state index contributed by atoms with van der Waals surface area (Å²) < 4.78 is 0. The molecule has 1 saturated heterocycles. The molecule has 0 bridgehead atoms. The summed E-state index contributed by atoms with van der Waals surface area (Å²) in [5, 5.41) is 0. The number of nitrogens with zero attached hydrogens (tertiary/aromatic N) is 1. The van der Waals surface area contributed by atoms with Gasteiger partial charge in [-0.2, -0.15) is 0 Å². The molecule has 1 heteroatoms. The van der Waals surface area contributed by atoms with Gasteiger partial charge in [0.25, 0.3) is 0 Å². The SMILES string of the molecule is CC1=CCC(C)(N2CCCCC2)C=C1. The zero-order valence-corrected chi connectivity index (χ0v) is 9.42. The highest BCUT2D eigenvalue weighted by molar-refractivity contribution is 5.27. The Bertz CT molecular complexity index is 258. The summed E-state index contributed by atoms with van der Waals surface area (Å²) in [6.07, 6.45) is 12.4. The molecule has 0 N–H and O–H groups in total. The number of allylic oxidation sites excluding steroid dienone is 2. The van der Waals surface area contributed by atoms with E-state index in [1.165, 1.54) is 44.3 Å². The van der Waals surface area contributed by atoms with Crippen LogP contribution in [0.3, 0.4) is 0 Å². The lowest BCUT2D eigenvalue weighted by molar-refractivity contribution is 0.119. The Morgan fingerprint density at radius 3 is 2.50 bits per heavy atom. The topological polar surface area (TPSA) is 3.24 Å². The summed E-state index contributed by atoms with van der Waals surface area (Å²) >= 11 is 0. The molecule has 1 atom stereocenters. The predicted octanol–water partition coefficient (Wildman–Crippen LogP) is 3.14. The summed E-state index contributed by atoms with van der Waals surface area (Å²) in [5.74, 6) is 0. The first kappa shape index (κ1) is 9.97.